The average molecular weight is 662 g/mol. The Balaban J connectivity index is 1.30. The Morgan fingerprint density at radius 1 is 1.02 bits per heavy atom. The van der Waals surface area contributed by atoms with E-state index in [0.717, 1.165) is 18.4 Å². The smallest absolute Gasteiger partial charge is 0.302 e. The number of nitrogens with zero attached hydrogens (tertiary/aromatic N) is 7. The molecule has 242 valence electrons. The Morgan fingerprint density at radius 3 is 2.56 bits per heavy atom. The first-order chi connectivity index (χ1) is 23.2. The maximum absolute atomic E-state index is 14.4. The van der Waals surface area contributed by atoms with Crippen molar-refractivity contribution in [1.29, 1.82) is 0 Å². The number of benzene rings is 2. The first-order valence-corrected chi connectivity index (χ1v) is 16.8. The number of rotatable bonds is 7. The summed E-state index contributed by atoms with van der Waals surface area (Å²) < 4.78 is 34.8. The molecule has 2 aromatic carbocycles. The monoisotopic (exact) mass is 661 g/mol. The van der Waals surface area contributed by atoms with Crippen LogP contribution in [0.25, 0.3) is 22.1 Å². The van der Waals surface area contributed by atoms with E-state index in [-0.39, 0.29) is 22.6 Å². The predicted octanol–water partition coefficient (Wildman–Crippen LogP) is 3.41. The van der Waals surface area contributed by atoms with Gasteiger partial charge in [-0.15, -0.1) is 5.10 Å². The van der Waals surface area contributed by atoms with Crippen molar-refractivity contribution in [1.82, 2.24) is 38.6 Å². The van der Waals surface area contributed by atoms with E-state index in [4.69, 9.17) is 0 Å². The number of anilines is 1. The number of hydrogen-bond donors (Lipinski definition) is 2. The number of pyridine rings is 1. The summed E-state index contributed by atoms with van der Waals surface area (Å²) in [6.07, 6.45) is 8.05. The number of nitrogens with one attached hydrogen (secondary N) is 2. The molecule has 0 aliphatic carbocycles. The first kappa shape index (κ1) is 30.9. The van der Waals surface area contributed by atoms with Crippen molar-refractivity contribution in [3.05, 3.63) is 118 Å². The van der Waals surface area contributed by atoms with Crippen molar-refractivity contribution in [2.45, 2.75) is 25.8 Å². The summed E-state index contributed by atoms with van der Waals surface area (Å²) in [5, 5.41) is 12.6. The van der Waals surface area contributed by atoms with Crippen LogP contribution in [0.2, 0.25) is 0 Å². The minimum Gasteiger partial charge on any atom is -0.344 e. The second kappa shape index (κ2) is 12.4. The Hall–Kier alpha value is -5.78. The number of aryl methyl sites for hydroxylation is 1. The van der Waals surface area contributed by atoms with Gasteiger partial charge in [0.25, 0.3) is 11.5 Å². The molecule has 13 nitrogen and oxygen atoms in total. The van der Waals surface area contributed by atoms with Crippen molar-refractivity contribution >= 4 is 38.4 Å². The van der Waals surface area contributed by atoms with E-state index >= 15 is 0 Å². The van der Waals surface area contributed by atoms with Gasteiger partial charge in [0.05, 0.1) is 23.2 Å². The molecular weight excluding hydrogens is 631 g/mol. The molecule has 0 spiro atoms. The van der Waals surface area contributed by atoms with Crippen LogP contribution in [0.1, 0.15) is 53.0 Å². The van der Waals surface area contributed by atoms with E-state index in [1.807, 2.05) is 55.6 Å². The molecule has 14 heteroatoms. The van der Waals surface area contributed by atoms with Gasteiger partial charge in [-0.2, -0.15) is 17.8 Å². The highest BCUT2D eigenvalue weighted by molar-refractivity contribution is 7.90. The zero-order chi connectivity index (χ0) is 33.4. The van der Waals surface area contributed by atoms with Crippen LogP contribution in [0.15, 0.2) is 90.2 Å². The molecule has 5 heterocycles. The number of carbonyl (C=O) groups is 1. The fourth-order valence-corrected chi connectivity index (χ4v) is 7.15. The normalized spacial score (nSPS) is 14.1. The third-order valence-corrected chi connectivity index (χ3v) is 9.68. The van der Waals surface area contributed by atoms with Crippen molar-refractivity contribution in [3.8, 4) is 17.5 Å². The number of para-hydroxylation sites is 1. The van der Waals surface area contributed by atoms with Crippen molar-refractivity contribution in [3.63, 3.8) is 0 Å². The lowest BCUT2D eigenvalue weighted by atomic mass is 10.0. The molecule has 0 unspecified atom stereocenters. The van der Waals surface area contributed by atoms with E-state index < -0.39 is 22.2 Å². The summed E-state index contributed by atoms with van der Waals surface area (Å²) in [4.78, 5) is 32.7. The first-order valence-electron chi connectivity index (χ1n) is 15.4. The van der Waals surface area contributed by atoms with Crippen LogP contribution in [-0.4, -0.2) is 60.7 Å². The van der Waals surface area contributed by atoms with Gasteiger partial charge in [-0.25, -0.2) is 9.50 Å². The quantitative estimate of drug-likeness (QED) is 0.249. The third-order valence-electron chi connectivity index (χ3n) is 8.18. The van der Waals surface area contributed by atoms with Crippen LogP contribution < -0.4 is 15.6 Å². The summed E-state index contributed by atoms with van der Waals surface area (Å²) >= 11 is 0. The van der Waals surface area contributed by atoms with Gasteiger partial charge in [-0.3, -0.25) is 23.6 Å². The largest absolute Gasteiger partial charge is 0.344 e. The highest BCUT2D eigenvalue weighted by atomic mass is 32.2. The SMILES string of the molecule is C[C@H](NC(=O)c1c(NS(=O)(=O)N2CCCC2)nn2cccnc12)c1cc2cccc(C#Cc3cnn(C)c3)c2c(=O)n1-c1ccccc1. The summed E-state index contributed by atoms with van der Waals surface area (Å²) in [7, 11) is -2.15. The lowest BCUT2D eigenvalue weighted by Crippen LogP contribution is -2.35. The van der Waals surface area contributed by atoms with Crippen molar-refractivity contribution < 1.29 is 13.2 Å². The van der Waals surface area contributed by atoms with E-state index in [1.54, 1.807) is 46.9 Å². The van der Waals surface area contributed by atoms with E-state index in [0.29, 0.717) is 40.8 Å². The van der Waals surface area contributed by atoms with Crippen LogP contribution in [0.5, 0.6) is 0 Å². The molecule has 1 aliphatic rings. The number of amides is 1. The molecule has 0 saturated carbocycles. The zero-order valence-corrected chi connectivity index (χ0v) is 27.0. The second-order valence-electron chi connectivity index (χ2n) is 11.5. The van der Waals surface area contributed by atoms with E-state index in [1.165, 1.54) is 15.0 Å². The maximum Gasteiger partial charge on any atom is 0.302 e. The summed E-state index contributed by atoms with van der Waals surface area (Å²) in [5.74, 6) is 5.47. The average Bonchev–Trinajstić information content (AvgIpc) is 3.84. The number of aromatic nitrogens is 6. The lowest BCUT2D eigenvalue weighted by molar-refractivity contribution is 0.0941. The van der Waals surface area contributed by atoms with Crippen LogP contribution >= 0.6 is 0 Å². The second-order valence-corrected chi connectivity index (χ2v) is 13.2. The number of hydrogen-bond acceptors (Lipinski definition) is 7. The van der Waals surface area contributed by atoms with Crippen LogP contribution in [-0.2, 0) is 17.3 Å². The molecule has 6 aromatic rings. The van der Waals surface area contributed by atoms with Crippen LogP contribution in [0.3, 0.4) is 0 Å². The minimum absolute atomic E-state index is 0.0346. The molecule has 1 fully saturated rings. The molecule has 48 heavy (non-hydrogen) atoms. The molecule has 1 saturated heterocycles. The molecular formula is C34H31N9O4S. The standard InChI is InChI=1S/C34H31N9O4S/c1-23(37-33(44)30-31(38-42-19-9-16-35-32(30)42)39-48(46,47)41-17-6-7-18-41)28-20-26-11-8-10-25(15-14-24-21-36-40(2)22-24)29(26)34(45)43(28)27-12-4-3-5-13-27/h3-5,8-13,16,19-23H,6-7,17-18H2,1-2H3,(H,37,44)(H,38,39)/t23-/m0/s1. The highest BCUT2D eigenvalue weighted by Crippen LogP contribution is 2.26. The topological polar surface area (TPSA) is 149 Å². The summed E-state index contributed by atoms with van der Waals surface area (Å²) in [6.45, 7) is 2.53. The lowest BCUT2D eigenvalue weighted by Gasteiger charge is -2.21. The minimum atomic E-state index is -3.96. The Bertz CT molecular complexity index is 2420. The summed E-state index contributed by atoms with van der Waals surface area (Å²) in [6, 6.07) is 17.4. The maximum atomic E-state index is 14.4. The van der Waals surface area contributed by atoms with Crippen LogP contribution in [0.4, 0.5) is 5.82 Å². The zero-order valence-electron chi connectivity index (χ0n) is 26.2. The molecule has 1 aliphatic heterocycles. The molecule has 1 amide bonds. The molecule has 0 bridgehead atoms. The Kier molecular flexibility index (Phi) is 7.99. The van der Waals surface area contributed by atoms with E-state index in [9.17, 15) is 18.0 Å². The van der Waals surface area contributed by atoms with Gasteiger partial charge >= 0.3 is 10.2 Å². The van der Waals surface area contributed by atoms with Crippen LogP contribution in [0, 0.1) is 11.8 Å². The van der Waals surface area contributed by atoms with Gasteiger partial charge < -0.3 is 5.32 Å². The van der Waals surface area contributed by atoms with Crippen molar-refractivity contribution in [2.75, 3.05) is 17.8 Å². The van der Waals surface area contributed by atoms with Gasteiger partial charge in [0, 0.05) is 55.7 Å². The molecule has 0 radical (unpaired) electrons. The van der Waals surface area contributed by atoms with Gasteiger partial charge in [-0.1, -0.05) is 42.2 Å². The third kappa shape index (κ3) is 5.81. The van der Waals surface area contributed by atoms with Gasteiger partial charge in [0.15, 0.2) is 11.5 Å². The highest BCUT2D eigenvalue weighted by Gasteiger charge is 2.31. The fourth-order valence-electron chi connectivity index (χ4n) is 5.90. The summed E-state index contributed by atoms with van der Waals surface area (Å²) in [5.41, 5.74) is 2.23. The van der Waals surface area contributed by atoms with Crippen molar-refractivity contribution in [2.24, 2.45) is 7.05 Å². The number of fused-ring (bicyclic) bond motifs is 2. The van der Waals surface area contributed by atoms with E-state index in [2.05, 4.69) is 37.1 Å². The molecule has 4 aromatic heterocycles. The Labute approximate surface area is 276 Å². The van der Waals surface area contributed by atoms with Gasteiger partial charge in [-0.05, 0) is 55.5 Å². The fraction of sp³-hybridized carbons (Fsp3) is 0.206. The number of carbonyl (C=O) groups excluding carboxylic acids is 1. The molecule has 7 rings (SSSR count). The molecule has 2 N–H and O–H groups in total. The van der Waals surface area contributed by atoms with Gasteiger partial charge in [0.1, 0.15) is 5.56 Å². The molecule has 1 atom stereocenters. The van der Waals surface area contributed by atoms with Gasteiger partial charge in [0.2, 0.25) is 0 Å². The Morgan fingerprint density at radius 2 is 1.81 bits per heavy atom. The predicted molar refractivity (Wildman–Crippen MR) is 181 cm³/mol.